The number of halogens is 1. The normalized spacial score (nSPS) is 11.5. The third kappa shape index (κ3) is 4.65. The molecule has 1 N–H and O–H groups in total. The Bertz CT molecular complexity index is 944. The second kappa shape index (κ2) is 9.29. The minimum absolute atomic E-state index is 0.221. The van der Waals surface area contributed by atoms with Gasteiger partial charge in [0.15, 0.2) is 11.5 Å². The highest BCUT2D eigenvalue weighted by atomic mass is 35.5. The van der Waals surface area contributed by atoms with E-state index in [1.807, 2.05) is 48.5 Å². The van der Waals surface area contributed by atoms with E-state index >= 15 is 0 Å². The molecule has 0 fully saturated rings. The average molecular weight is 396 g/mol. The first-order chi connectivity index (χ1) is 13.6. The molecule has 5 heteroatoms. The van der Waals surface area contributed by atoms with Gasteiger partial charge in [-0.3, -0.25) is 4.79 Å². The first-order valence-corrected chi connectivity index (χ1v) is 9.31. The van der Waals surface area contributed by atoms with Gasteiger partial charge in [-0.1, -0.05) is 60.1 Å². The van der Waals surface area contributed by atoms with Gasteiger partial charge < -0.3 is 14.8 Å². The van der Waals surface area contributed by atoms with Gasteiger partial charge in [-0.2, -0.15) is 0 Å². The predicted molar refractivity (Wildman–Crippen MR) is 111 cm³/mol. The Hall–Kier alpha value is -2.98. The summed E-state index contributed by atoms with van der Waals surface area (Å²) < 4.78 is 10.8. The molecule has 0 radical (unpaired) electrons. The molecular weight excluding hydrogens is 374 g/mol. The smallest absolute Gasteiger partial charge is 0.253 e. The quantitative estimate of drug-likeness (QED) is 0.607. The van der Waals surface area contributed by atoms with Gasteiger partial charge in [-0.25, -0.2) is 0 Å². The average Bonchev–Trinajstić information content (AvgIpc) is 2.73. The third-order valence-corrected chi connectivity index (χ3v) is 4.85. The van der Waals surface area contributed by atoms with Crippen molar-refractivity contribution in [2.45, 2.75) is 12.5 Å². The maximum Gasteiger partial charge on any atom is 0.253 e. The highest BCUT2D eigenvalue weighted by Gasteiger charge is 2.19. The van der Waals surface area contributed by atoms with Crippen molar-refractivity contribution in [2.24, 2.45) is 0 Å². The number of hydrogen-bond donors (Lipinski definition) is 1. The fraction of sp³-hybridized carbons (Fsp3) is 0.174. The molecule has 28 heavy (non-hydrogen) atoms. The molecule has 0 aliphatic rings. The van der Waals surface area contributed by atoms with Gasteiger partial charge in [-0.05, 0) is 41.8 Å². The molecule has 0 saturated heterocycles. The maximum absolute atomic E-state index is 12.9. The Labute approximate surface area is 170 Å². The van der Waals surface area contributed by atoms with Crippen LogP contribution < -0.4 is 14.8 Å². The zero-order valence-corrected chi connectivity index (χ0v) is 16.6. The summed E-state index contributed by atoms with van der Waals surface area (Å²) in [5.74, 6) is 1.04. The van der Waals surface area contributed by atoms with Crippen LogP contribution in [0, 0.1) is 0 Å². The monoisotopic (exact) mass is 395 g/mol. The molecule has 4 nitrogen and oxygen atoms in total. The lowest BCUT2D eigenvalue weighted by Gasteiger charge is -2.21. The van der Waals surface area contributed by atoms with Crippen LogP contribution in [0.3, 0.4) is 0 Å². The number of rotatable bonds is 7. The van der Waals surface area contributed by atoms with E-state index in [0.29, 0.717) is 28.5 Å². The van der Waals surface area contributed by atoms with E-state index in [4.69, 9.17) is 21.1 Å². The molecule has 0 aliphatic heterocycles. The zero-order chi connectivity index (χ0) is 19.9. The van der Waals surface area contributed by atoms with Crippen molar-refractivity contribution >= 4 is 17.5 Å². The lowest BCUT2D eigenvalue weighted by Crippen LogP contribution is -2.30. The van der Waals surface area contributed by atoms with Crippen molar-refractivity contribution in [3.63, 3.8) is 0 Å². The maximum atomic E-state index is 12.9. The number of carbonyl (C=O) groups is 1. The summed E-state index contributed by atoms with van der Waals surface area (Å²) in [5, 5.41) is 3.53. The molecule has 3 aromatic carbocycles. The zero-order valence-electron chi connectivity index (χ0n) is 15.8. The molecule has 0 bridgehead atoms. The molecule has 3 aromatic rings. The molecular formula is C23H22ClNO3. The van der Waals surface area contributed by atoms with Crippen molar-refractivity contribution in [3.05, 3.63) is 94.5 Å². The van der Waals surface area contributed by atoms with E-state index in [-0.39, 0.29) is 11.9 Å². The fourth-order valence-electron chi connectivity index (χ4n) is 3.05. The number of methoxy groups -OCH3 is 2. The minimum atomic E-state index is -0.258. The second-order valence-corrected chi connectivity index (χ2v) is 6.72. The van der Waals surface area contributed by atoms with Gasteiger partial charge in [0.05, 0.1) is 30.8 Å². The number of carbonyl (C=O) groups excluding carboxylic acids is 1. The van der Waals surface area contributed by atoms with Crippen LogP contribution in [-0.2, 0) is 6.42 Å². The Morgan fingerprint density at radius 1 is 0.929 bits per heavy atom. The summed E-state index contributed by atoms with van der Waals surface area (Å²) >= 11 is 6.20. The van der Waals surface area contributed by atoms with E-state index in [1.165, 1.54) is 0 Å². The molecule has 0 aliphatic carbocycles. The van der Waals surface area contributed by atoms with E-state index < -0.39 is 0 Å². The standard InChI is InChI=1S/C23H22ClNO3/c1-27-21-13-12-17(15-22(21)28-2)20(14-16-8-4-3-5-9-16)25-23(26)18-10-6-7-11-19(18)24/h3-13,15,20H,14H2,1-2H3,(H,25,26). The SMILES string of the molecule is COc1ccc(C(Cc2ccccc2)NC(=O)c2ccccc2Cl)cc1OC. The van der Waals surface area contributed by atoms with Crippen molar-refractivity contribution in [1.29, 1.82) is 0 Å². The summed E-state index contributed by atoms with van der Waals surface area (Å²) in [6, 6.07) is 22.4. The molecule has 1 unspecified atom stereocenters. The van der Waals surface area contributed by atoms with Gasteiger partial charge >= 0.3 is 0 Å². The summed E-state index contributed by atoms with van der Waals surface area (Å²) in [6.07, 6.45) is 0.631. The topological polar surface area (TPSA) is 47.6 Å². The van der Waals surface area contributed by atoms with Gasteiger partial charge in [0.25, 0.3) is 5.91 Å². The number of hydrogen-bond acceptors (Lipinski definition) is 3. The van der Waals surface area contributed by atoms with E-state index in [0.717, 1.165) is 11.1 Å². The largest absolute Gasteiger partial charge is 0.493 e. The minimum Gasteiger partial charge on any atom is -0.493 e. The van der Waals surface area contributed by atoms with E-state index in [9.17, 15) is 4.79 Å². The van der Waals surface area contributed by atoms with E-state index in [2.05, 4.69) is 5.32 Å². The Morgan fingerprint density at radius 2 is 1.61 bits per heavy atom. The highest BCUT2D eigenvalue weighted by Crippen LogP contribution is 2.31. The van der Waals surface area contributed by atoms with Crippen LogP contribution >= 0.6 is 11.6 Å². The van der Waals surface area contributed by atoms with Gasteiger partial charge in [0.1, 0.15) is 0 Å². The van der Waals surface area contributed by atoms with Crippen molar-refractivity contribution in [1.82, 2.24) is 5.32 Å². The molecule has 1 atom stereocenters. The number of benzene rings is 3. The van der Waals surface area contributed by atoms with Gasteiger partial charge in [0.2, 0.25) is 0 Å². The van der Waals surface area contributed by atoms with Gasteiger partial charge in [0, 0.05) is 0 Å². The van der Waals surface area contributed by atoms with Crippen LogP contribution in [-0.4, -0.2) is 20.1 Å². The Morgan fingerprint density at radius 3 is 2.29 bits per heavy atom. The predicted octanol–water partition coefficient (Wildman–Crippen LogP) is 5.07. The van der Waals surface area contributed by atoms with Crippen molar-refractivity contribution < 1.29 is 14.3 Å². The molecule has 0 aromatic heterocycles. The molecule has 1 amide bonds. The summed E-state index contributed by atoms with van der Waals surface area (Å²) in [6.45, 7) is 0. The summed E-state index contributed by atoms with van der Waals surface area (Å²) in [5.41, 5.74) is 2.48. The van der Waals surface area contributed by atoms with Crippen LogP contribution in [0.15, 0.2) is 72.8 Å². The lowest BCUT2D eigenvalue weighted by atomic mass is 9.98. The first kappa shape index (κ1) is 19.8. The van der Waals surface area contributed by atoms with Crippen LogP contribution in [0.4, 0.5) is 0 Å². The fourth-order valence-corrected chi connectivity index (χ4v) is 3.27. The lowest BCUT2D eigenvalue weighted by molar-refractivity contribution is 0.0936. The van der Waals surface area contributed by atoms with Crippen LogP contribution in [0.5, 0.6) is 11.5 Å². The summed E-state index contributed by atoms with van der Waals surface area (Å²) in [7, 11) is 3.19. The van der Waals surface area contributed by atoms with Crippen LogP contribution in [0.25, 0.3) is 0 Å². The third-order valence-electron chi connectivity index (χ3n) is 4.52. The van der Waals surface area contributed by atoms with Crippen molar-refractivity contribution in [2.75, 3.05) is 14.2 Å². The molecule has 144 valence electrons. The highest BCUT2D eigenvalue weighted by molar-refractivity contribution is 6.33. The van der Waals surface area contributed by atoms with E-state index in [1.54, 1.807) is 38.5 Å². The van der Waals surface area contributed by atoms with Gasteiger partial charge in [-0.15, -0.1) is 0 Å². The van der Waals surface area contributed by atoms with Crippen LogP contribution in [0.2, 0.25) is 5.02 Å². The number of nitrogens with one attached hydrogen (secondary N) is 1. The van der Waals surface area contributed by atoms with Crippen molar-refractivity contribution in [3.8, 4) is 11.5 Å². The number of amides is 1. The summed E-state index contributed by atoms with van der Waals surface area (Å²) in [4.78, 5) is 12.9. The number of ether oxygens (including phenoxy) is 2. The second-order valence-electron chi connectivity index (χ2n) is 6.31. The molecule has 0 spiro atoms. The Kier molecular flexibility index (Phi) is 6.56. The molecule has 0 heterocycles. The first-order valence-electron chi connectivity index (χ1n) is 8.93. The Balaban J connectivity index is 1.93. The molecule has 0 saturated carbocycles. The van der Waals surface area contributed by atoms with Crippen LogP contribution in [0.1, 0.15) is 27.5 Å². The molecule has 3 rings (SSSR count).